The predicted molar refractivity (Wildman–Crippen MR) is 305 cm³/mol. The summed E-state index contributed by atoms with van der Waals surface area (Å²) in [5.41, 5.74) is 21.6. The molecule has 14 rings (SSSR count). The number of anilines is 3. The molecule has 0 saturated heterocycles. The van der Waals surface area contributed by atoms with Crippen molar-refractivity contribution >= 4 is 48.6 Å². The van der Waals surface area contributed by atoms with E-state index in [1.807, 2.05) is 23.5 Å². The fourth-order valence-corrected chi connectivity index (χ4v) is 13.7. The Hall–Kier alpha value is -8.63. The zero-order valence-electron chi connectivity index (χ0n) is 40.5. The monoisotopic (exact) mass is 953 g/mol. The Balaban J connectivity index is 0.905. The fraction of sp³-hybridized carbons (Fsp3) is 0.0571. The summed E-state index contributed by atoms with van der Waals surface area (Å²) in [7, 11) is 0. The van der Waals surface area contributed by atoms with Gasteiger partial charge in [0, 0.05) is 42.5 Å². The van der Waals surface area contributed by atoms with Crippen LogP contribution in [0.15, 0.2) is 255 Å². The maximum atomic E-state index is 15.0. The summed E-state index contributed by atoms with van der Waals surface area (Å²) in [6.07, 6.45) is 0. The molecule has 1 nitrogen and oxygen atoms in total. The molecule has 12 aromatic rings. The second kappa shape index (κ2) is 16.7. The molecule has 0 fully saturated rings. The average Bonchev–Trinajstić information content (AvgIpc) is 4.08. The lowest BCUT2D eigenvalue weighted by molar-refractivity contribution is 0.625. The van der Waals surface area contributed by atoms with Gasteiger partial charge < -0.3 is 4.90 Å². The van der Waals surface area contributed by atoms with Crippen LogP contribution in [-0.4, -0.2) is 0 Å². The summed E-state index contributed by atoms with van der Waals surface area (Å²) in [4.78, 5) is 2.43. The van der Waals surface area contributed by atoms with Crippen molar-refractivity contribution in [3.05, 3.63) is 294 Å². The van der Waals surface area contributed by atoms with Crippen molar-refractivity contribution in [1.82, 2.24) is 0 Å². The highest BCUT2D eigenvalue weighted by atomic mass is 32.1. The van der Waals surface area contributed by atoms with Crippen LogP contribution in [0.1, 0.15) is 47.2 Å². The van der Waals surface area contributed by atoms with E-state index in [9.17, 15) is 4.39 Å². The van der Waals surface area contributed by atoms with Gasteiger partial charge in [0.15, 0.2) is 0 Å². The minimum absolute atomic E-state index is 0.150. The van der Waals surface area contributed by atoms with Crippen molar-refractivity contribution in [2.75, 3.05) is 4.90 Å². The van der Waals surface area contributed by atoms with Crippen LogP contribution < -0.4 is 4.90 Å². The van der Waals surface area contributed by atoms with Crippen LogP contribution in [-0.2, 0) is 10.8 Å². The number of para-hydroxylation sites is 1. The topological polar surface area (TPSA) is 3.24 Å². The van der Waals surface area contributed by atoms with E-state index in [1.54, 1.807) is 12.1 Å². The van der Waals surface area contributed by atoms with Gasteiger partial charge in [-0.15, -0.1) is 11.3 Å². The lowest BCUT2D eigenvalue weighted by atomic mass is 9.67. The largest absolute Gasteiger partial charge is 0.310 e. The number of benzene rings is 11. The summed E-state index contributed by atoms with van der Waals surface area (Å²) >= 11 is 1.85. The Labute approximate surface area is 429 Å². The maximum Gasteiger partial charge on any atom is 0.123 e. The molecule has 1 aromatic heterocycles. The molecule has 346 valence electrons. The fourth-order valence-electron chi connectivity index (χ4n) is 12.4. The number of nitrogens with zero attached hydrogens (tertiary/aromatic N) is 1. The van der Waals surface area contributed by atoms with Crippen molar-refractivity contribution in [3.63, 3.8) is 0 Å². The van der Waals surface area contributed by atoms with E-state index in [4.69, 9.17) is 0 Å². The number of rotatable bonds is 8. The minimum atomic E-state index is -0.712. The number of hydrogen-bond donors (Lipinski definition) is 0. The number of hydrogen-bond acceptors (Lipinski definition) is 2. The van der Waals surface area contributed by atoms with Gasteiger partial charge in [0.05, 0.1) is 11.1 Å². The van der Waals surface area contributed by atoms with Gasteiger partial charge in [0.2, 0.25) is 0 Å². The maximum absolute atomic E-state index is 15.0. The van der Waals surface area contributed by atoms with Gasteiger partial charge in [-0.2, -0.15) is 0 Å². The molecule has 73 heavy (non-hydrogen) atoms. The van der Waals surface area contributed by atoms with Crippen LogP contribution in [0.3, 0.4) is 0 Å². The molecule has 0 amide bonds. The molecule has 2 aliphatic carbocycles. The van der Waals surface area contributed by atoms with E-state index in [2.05, 4.69) is 249 Å². The molecule has 1 unspecified atom stereocenters. The minimum Gasteiger partial charge on any atom is -0.310 e. The lowest BCUT2D eigenvalue weighted by Gasteiger charge is -2.34. The van der Waals surface area contributed by atoms with Crippen molar-refractivity contribution in [3.8, 4) is 55.6 Å². The third kappa shape index (κ3) is 6.66. The Morgan fingerprint density at radius 2 is 0.890 bits per heavy atom. The molecule has 0 aliphatic heterocycles. The Bertz CT molecular complexity index is 4110. The number of fused-ring (bicyclic) bond motifs is 9. The first-order chi connectivity index (χ1) is 35.9. The molecule has 2 aliphatic rings. The van der Waals surface area contributed by atoms with E-state index >= 15 is 0 Å². The first-order valence-electron chi connectivity index (χ1n) is 25.2. The first kappa shape index (κ1) is 43.2. The predicted octanol–water partition coefficient (Wildman–Crippen LogP) is 19.3. The molecule has 0 saturated carbocycles. The number of halogens is 1. The molecular formula is C70H48FNS. The van der Waals surface area contributed by atoms with Crippen LogP contribution in [0.5, 0.6) is 0 Å². The van der Waals surface area contributed by atoms with Gasteiger partial charge in [0.25, 0.3) is 0 Å². The SMILES string of the molecule is CC1(C)c2ccccc2-c2ccc(N(c3ccc(-c4ccc5c(c4)C(c4ccc(F)cc4)(c4ccc(-c6cccc7c6sc6ccccc67)cc4)c4ccccc4-5)cc3)c3ccccc3-c3ccccc3)cc21. The zero-order valence-corrected chi connectivity index (χ0v) is 41.3. The first-order valence-corrected chi connectivity index (χ1v) is 26.0. The van der Waals surface area contributed by atoms with Crippen molar-refractivity contribution in [2.45, 2.75) is 24.7 Å². The van der Waals surface area contributed by atoms with Crippen LogP contribution in [0.25, 0.3) is 75.8 Å². The molecular weight excluding hydrogens is 906 g/mol. The molecule has 1 heterocycles. The van der Waals surface area contributed by atoms with Gasteiger partial charge >= 0.3 is 0 Å². The summed E-state index contributed by atoms with van der Waals surface area (Å²) in [6, 6.07) is 91.8. The second-order valence-corrected chi connectivity index (χ2v) is 21.1. The Kier molecular flexibility index (Phi) is 9.90. The molecule has 3 heteroatoms. The highest BCUT2D eigenvalue weighted by Crippen LogP contribution is 2.58. The van der Waals surface area contributed by atoms with Crippen molar-refractivity contribution in [1.29, 1.82) is 0 Å². The van der Waals surface area contributed by atoms with Crippen LogP contribution in [0.4, 0.5) is 21.5 Å². The Morgan fingerprint density at radius 3 is 1.67 bits per heavy atom. The van der Waals surface area contributed by atoms with Gasteiger partial charge in [-0.05, 0) is 138 Å². The molecule has 0 spiro atoms. The third-order valence-electron chi connectivity index (χ3n) is 15.9. The summed E-state index contributed by atoms with van der Waals surface area (Å²) in [5.74, 6) is -0.250. The summed E-state index contributed by atoms with van der Waals surface area (Å²) < 4.78 is 17.6. The van der Waals surface area contributed by atoms with Crippen molar-refractivity contribution in [2.24, 2.45) is 0 Å². The van der Waals surface area contributed by atoms with Gasteiger partial charge in [0.1, 0.15) is 5.82 Å². The van der Waals surface area contributed by atoms with E-state index in [0.29, 0.717) is 0 Å². The second-order valence-electron chi connectivity index (χ2n) is 20.1. The van der Waals surface area contributed by atoms with E-state index in [-0.39, 0.29) is 11.2 Å². The molecule has 0 N–H and O–H groups in total. The van der Waals surface area contributed by atoms with Gasteiger partial charge in [-0.25, -0.2) is 4.39 Å². The third-order valence-corrected chi connectivity index (χ3v) is 17.1. The summed E-state index contributed by atoms with van der Waals surface area (Å²) in [5, 5.41) is 2.58. The smallest absolute Gasteiger partial charge is 0.123 e. The molecule has 0 bridgehead atoms. The normalized spacial score (nSPS) is 14.9. The number of thiophene rings is 1. The highest BCUT2D eigenvalue weighted by molar-refractivity contribution is 7.26. The standard InChI is InChI=1S/C70H48FNS/c1-69(2)62-23-10-6-18-56(62)58-42-40-53(44-64(58)69)72(66-25-12-8-17-54(66)46-15-4-3-5-16-46)52-38-29-45(30-39-52)48-31-41-59-57-19-7-11-24-63(57)70(65(59)43-48,50-34-36-51(71)37-35-50)49-32-27-47(28-33-49)55-21-14-22-61-60-20-9-13-26-67(60)73-68(55)61/h3-44H,1-2H3. The van der Waals surface area contributed by atoms with Crippen LogP contribution in [0, 0.1) is 5.82 Å². The lowest BCUT2D eigenvalue weighted by Crippen LogP contribution is -2.28. The molecule has 1 atom stereocenters. The van der Waals surface area contributed by atoms with Crippen LogP contribution in [0.2, 0.25) is 0 Å². The van der Waals surface area contributed by atoms with E-state index in [1.165, 1.54) is 81.4 Å². The summed E-state index contributed by atoms with van der Waals surface area (Å²) in [6.45, 7) is 4.70. The van der Waals surface area contributed by atoms with E-state index in [0.717, 1.165) is 44.9 Å². The molecule has 0 radical (unpaired) electrons. The van der Waals surface area contributed by atoms with E-state index < -0.39 is 5.41 Å². The zero-order chi connectivity index (χ0) is 48.8. The van der Waals surface area contributed by atoms with Gasteiger partial charge in [-0.3, -0.25) is 0 Å². The van der Waals surface area contributed by atoms with Crippen LogP contribution >= 0.6 is 11.3 Å². The van der Waals surface area contributed by atoms with Crippen molar-refractivity contribution < 1.29 is 4.39 Å². The molecule has 11 aromatic carbocycles. The van der Waals surface area contributed by atoms with Gasteiger partial charge in [-0.1, -0.05) is 214 Å². The average molecular weight is 954 g/mol. The quantitative estimate of drug-likeness (QED) is 0.147. The highest BCUT2D eigenvalue weighted by Gasteiger charge is 2.46. The Morgan fingerprint density at radius 1 is 0.356 bits per heavy atom.